The van der Waals surface area contributed by atoms with Gasteiger partial charge in [0, 0.05) is 0 Å². The van der Waals surface area contributed by atoms with Crippen molar-refractivity contribution in [2.45, 2.75) is 0 Å². The average Bonchev–Trinajstić information content (AvgIpc) is 1.45. The van der Waals surface area contributed by atoms with Gasteiger partial charge in [0.1, 0.15) is 0 Å². The molecule has 0 saturated carbocycles. The van der Waals surface area contributed by atoms with Gasteiger partial charge in [-0.2, -0.15) is 0 Å². The fourth-order valence-electron chi connectivity index (χ4n) is 0. The minimum Gasteiger partial charge on any atom is -0.598 e. The molecule has 0 amide bonds. The molecule has 0 bridgehead atoms. The van der Waals surface area contributed by atoms with Gasteiger partial charge in [-0.15, -0.1) is 0 Å². The molecule has 0 heterocycles. The predicted octanol–water partition coefficient (Wildman–Crippen LogP) is -0.991. The molecule has 0 unspecified atom stereocenters. The SMILES string of the molecule is C[N+](C)(C)C.C[N+](C)(C)C.O=[P+]([O-])[O-]. The summed E-state index contributed by atoms with van der Waals surface area (Å²) in [5, 5.41) is 0. The van der Waals surface area contributed by atoms with Gasteiger partial charge in [0.15, 0.2) is 0 Å². The van der Waals surface area contributed by atoms with Crippen LogP contribution in [0.5, 0.6) is 0 Å². The van der Waals surface area contributed by atoms with Crippen LogP contribution < -0.4 is 9.79 Å². The zero-order valence-electron chi connectivity index (χ0n) is 10.6. The highest BCUT2D eigenvalue weighted by Gasteiger charge is 1.88. The lowest BCUT2D eigenvalue weighted by Crippen LogP contribution is -2.27. The van der Waals surface area contributed by atoms with Crippen LogP contribution in [0.25, 0.3) is 0 Å². The van der Waals surface area contributed by atoms with E-state index in [9.17, 15) is 0 Å². The summed E-state index contributed by atoms with van der Waals surface area (Å²) in [5.41, 5.74) is 0. The molecule has 0 atom stereocenters. The number of hydrogen-bond acceptors (Lipinski definition) is 3. The van der Waals surface area contributed by atoms with Crippen molar-refractivity contribution in [2.75, 3.05) is 56.4 Å². The third-order valence-corrected chi connectivity index (χ3v) is 0. The smallest absolute Gasteiger partial charge is 0.276 e. The Kier molecular flexibility index (Phi) is 11.5. The fraction of sp³-hybridized carbons (Fsp3) is 1.00. The van der Waals surface area contributed by atoms with Gasteiger partial charge in [0.25, 0.3) is 8.25 Å². The molecule has 0 rings (SSSR count). The minimum atomic E-state index is -3.37. The maximum atomic E-state index is 8.48. The zero-order valence-corrected chi connectivity index (χ0v) is 11.5. The van der Waals surface area contributed by atoms with E-state index in [4.69, 9.17) is 14.4 Å². The highest BCUT2D eigenvalue weighted by molar-refractivity contribution is 7.27. The summed E-state index contributed by atoms with van der Waals surface area (Å²) in [6, 6.07) is 0. The Hall–Kier alpha value is -0.0600. The van der Waals surface area contributed by atoms with E-state index in [1.165, 1.54) is 0 Å². The predicted molar refractivity (Wildman–Crippen MR) is 55.5 cm³/mol. The summed E-state index contributed by atoms with van der Waals surface area (Å²) >= 11 is 0. The van der Waals surface area contributed by atoms with E-state index in [-0.39, 0.29) is 0 Å². The molecule has 0 N–H and O–H groups in total. The maximum Gasteiger partial charge on any atom is 0.276 e. The summed E-state index contributed by atoms with van der Waals surface area (Å²) < 4.78 is 10.5. The molecule has 0 aromatic heterocycles. The number of nitrogens with zero attached hydrogens (tertiary/aromatic N) is 2. The third-order valence-electron chi connectivity index (χ3n) is 0. The fourth-order valence-corrected chi connectivity index (χ4v) is 0. The van der Waals surface area contributed by atoms with Gasteiger partial charge in [-0.25, -0.2) is 0 Å². The topological polar surface area (TPSA) is 63.2 Å². The first-order chi connectivity index (χ1) is 5.73. The van der Waals surface area contributed by atoms with Gasteiger partial charge in [-0.3, -0.25) is 0 Å². The summed E-state index contributed by atoms with van der Waals surface area (Å²) in [6.45, 7) is 0. The van der Waals surface area contributed by atoms with E-state index in [0.717, 1.165) is 8.97 Å². The molecule has 0 radical (unpaired) electrons. The van der Waals surface area contributed by atoms with Crippen molar-refractivity contribution < 1.29 is 23.3 Å². The zero-order chi connectivity index (χ0) is 12.6. The second-order valence-corrected chi connectivity index (χ2v) is 6.04. The van der Waals surface area contributed by atoms with Crippen molar-refractivity contribution in [2.24, 2.45) is 0 Å². The number of hydrogen-bond donors (Lipinski definition) is 0. The lowest BCUT2D eigenvalue weighted by atomic mass is 10.8. The van der Waals surface area contributed by atoms with Gasteiger partial charge < -0.3 is 18.8 Å². The molecule has 88 valence electrons. The van der Waals surface area contributed by atoms with Crippen LogP contribution in [-0.4, -0.2) is 65.3 Å². The molecule has 14 heavy (non-hydrogen) atoms. The van der Waals surface area contributed by atoms with E-state index in [1.54, 1.807) is 0 Å². The second kappa shape index (κ2) is 8.26. The van der Waals surface area contributed by atoms with Crippen molar-refractivity contribution >= 4 is 8.25 Å². The Labute approximate surface area is 88.7 Å². The third kappa shape index (κ3) is 397000. The lowest BCUT2D eigenvalue weighted by molar-refractivity contribution is -0.849. The highest BCUT2D eigenvalue weighted by atomic mass is 31.1. The van der Waals surface area contributed by atoms with E-state index >= 15 is 0 Å². The van der Waals surface area contributed by atoms with E-state index < -0.39 is 8.25 Å². The summed E-state index contributed by atoms with van der Waals surface area (Å²) in [4.78, 5) is 17.0. The number of quaternary nitrogens is 2. The van der Waals surface area contributed by atoms with Crippen LogP contribution in [0.4, 0.5) is 0 Å². The monoisotopic (exact) mass is 227 g/mol. The van der Waals surface area contributed by atoms with Crippen molar-refractivity contribution in [3.05, 3.63) is 0 Å². The normalized spacial score (nSPS) is 10.4. The largest absolute Gasteiger partial charge is 0.598 e. The van der Waals surface area contributed by atoms with Gasteiger partial charge in [-0.05, 0) is 0 Å². The van der Waals surface area contributed by atoms with E-state index in [2.05, 4.69) is 56.4 Å². The first-order valence-electron chi connectivity index (χ1n) is 4.13. The Morgan fingerprint density at radius 2 is 0.714 bits per heavy atom. The molecule has 0 fully saturated rings. The molecule has 0 aromatic carbocycles. The quantitative estimate of drug-likeness (QED) is 0.394. The molecule has 0 spiro atoms. The molecule has 0 aliphatic carbocycles. The molecule has 0 aliphatic heterocycles. The van der Waals surface area contributed by atoms with Crippen molar-refractivity contribution in [1.82, 2.24) is 0 Å². The first-order valence-corrected chi connectivity index (χ1v) is 5.22. The van der Waals surface area contributed by atoms with Crippen LogP contribution in [0.15, 0.2) is 0 Å². The van der Waals surface area contributed by atoms with E-state index in [0.29, 0.717) is 0 Å². The Balaban J connectivity index is -0.000000131. The van der Waals surface area contributed by atoms with Gasteiger partial charge in [-0.1, -0.05) is 4.57 Å². The van der Waals surface area contributed by atoms with Crippen LogP contribution in [0.3, 0.4) is 0 Å². The molecular weight excluding hydrogens is 203 g/mol. The van der Waals surface area contributed by atoms with Crippen molar-refractivity contribution in [1.29, 1.82) is 0 Å². The average molecular weight is 227 g/mol. The van der Waals surface area contributed by atoms with Gasteiger partial charge >= 0.3 is 0 Å². The minimum absolute atomic E-state index is 1.00. The Morgan fingerprint density at radius 3 is 0.714 bits per heavy atom. The molecule has 5 nitrogen and oxygen atoms in total. The Bertz CT molecular complexity index is 122. The molecule has 6 heteroatoms. The van der Waals surface area contributed by atoms with Crippen LogP contribution in [0.1, 0.15) is 0 Å². The first kappa shape index (κ1) is 19.5. The molecular formula is C8H24N2O3P+. The van der Waals surface area contributed by atoms with Crippen LogP contribution >= 0.6 is 8.25 Å². The van der Waals surface area contributed by atoms with Gasteiger partial charge in [0.05, 0.1) is 56.4 Å². The standard InChI is InChI=1S/2C4H12N.HO3P/c2*1-5(2,3)4;1-4(2)3/h2*1-4H3;(H,1,2,3)/q2*+1;/p-1. The maximum absolute atomic E-state index is 8.48. The lowest BCUT2D eigenvalue weighted by Gasteiger charge is -2.14. The second-order valence-electron chi connectivity index (χ2n) is 5.59. The number of rotatable bonds is 0. The van der Waals surface area contributed by atoms with Crippen LogP contribution in [0.2, 0.25) is 0 Å². The Morgan fingerprint density at radius 1 is 0.714 bits per heavy atom. The molecule has 0 aliphatic rings. The summed E-state index contributed by atoms with van der Waals surface area (Å²) in [7, 11) is 13.6. The highest BCUT2D eigenvalue weighted by Crippen LogP contribution is 1.79. The van der Waals surface area contributed by atoms with E-state index in [1.807, 2.05) is 0 Å². The van der Waals surface area contributed by atoms with Crippen LogP contribution in [0, 0.1) is 0 Å². The van der Waals surface area contributed by atoms with Gasteiger partial charge in [0.2, 0.25) is 0 Å². The molecule has 0 aromatic rings. The molecule has 0 saturated heterocycles. The summed E-state index contributed by atoms with van der Waals surface area (Å²) in [5.74, 6) is 0. The van der Waals surface area contributed by atoms with Crippen molar-refractivity contribution in [3.8, 4) is 0 Å². The van der Waals surface area contributed by atoms with Crippen LogP contribution in [-0.2, 0) is 4.57 Å². The van der Waals surface area contributed by atoms with Crippen molar-refractivity contribution in [3.63, 3.8) is 0 Å². The summed E-state index contributed by atoms with van der Waals surface area (Å²) in [6.07, 6.45) is 0.